The van der Waals surface area contributed by atoms with Crippen LogP contribution in [0.3, 0.4) is 0 Å². The first kappa shape index (κ1) is 18.0. The minimum absolute atomic E-state index is 0.0789. The van der Waals surface area contributed by atoms with Crippen molar-refractivity contribution in [1.29, 1.82) is 0 Å². The molecule has 4 rings (SSSR count). The van der Waals surface area contributed by atoms with Crippen LogP contribution in [0.15, 0.2) is 17.6 Å². The lowest BCUT2D eigenvalue weighted by Crippen LogP contribution is -2.42. The summed E-state index contributed by atoms with van der Waals surface area (Å²) in [5.74, 6) is 0.555. The van der Waals surface area contributed by atoms with E-state index in [4.69, 9.17) is 17.3 Å². The number of amides is 1. The average molecular weight is 406 g/mol. The quantitative estimate of drug-likeness (QED) is 0.575. The third-order valence-electron chi connectivity index (χ3n) is 4.80. The molecule has 0 saturated heterocycles. The van der Waals surface area contributed by atoms with Gasteiger partial charge in [0.05, 0.1) is 5.39 Å². The van der Waals surface area contributed by atoms with Gasteiger partial charge < -0.3 is 20.9 Å². The number of nitrogens with two attached hydrogens (primary N) is 1. The molecule has 0 aliphatic heterocycles. The second-order valence-corrected chi connectivity index (χ2v) is 7.98. The first-order valence-corrected chi connectivity index (χ1v) is 10.0. The maximum atomic E-state index is 12.3. The Morgan fingerprint density at radius 2 is 2.15 bits per heavy atom. The van der Waals surface area contributed by atoms with Crippen molar-refractivity contribution in [2.24, 2.45) is 7.05 Å². The lowest BCUT2D eigenvalue weighted by atomic mass is 9.91. The summed E-state index contributed by atoms with van der Waals surface area (Å²) in [5, 5.41) is 9.79. The topological polar surface area (TPSA) is 111 Å². The van der Waals surface area contributed by atoms with E-state index < -0.39 is 0 Å². The largest absolute Gasteiger partial charge is 0.375 e. The molecule has 4 N–H and O–H groups in total. The molecule has 142 valence electrons. The maximum absolute atomic E-state index is 12.3. The van der Waals surface area contributed by atoms with E-state index in [2.05, 4.69) is 25.6 Å². The molecule has 3 aromatic heterocycles. The van der Waals surface area contributed by atoms with Gasteiger partial charge in [-0.05, 0) is 43.4 Å². The van der Waals surface area contributed by atoms with E-state index >= 15 is 0 Å². The highest BCUT2D eigenvalue weighted by atomic mass is 35.5. The zero-order chi connectivity index (χ0) is 19.0. The minimum Gasteiger partial charge on any atom is -0.375 e. The number of fused-ring (bicyclic) bond motifs is 1. The molecule has 10 heteroatoms. The van der Waals surface area contributed by atoms with Crippen molar-refractivity contribution in [1.82, 2.24) is 24.8 Å². The Labute approximate surface area is 165 Å². The maximum Gasteiger partial charge on any atom is 0.271 e. The number of anilines is 2. The van der Waals surface area contributed by atoms with Gasteiger partial charge in [-0.3, -0.25) is 4.79 Å². The van der Waals surface area contributed by atoms with Crippen LogP contribution < -0.4 is 16.4 Å². The van der Waals surface area contributed by atoms with Crippen molar-refractivity contribution in [3.63, 3.8) is 0 Å². The SMILES string of the molecule is Cn1ccc2c(N[C@@H]3CCC[C@H](NC(=O)c4csc(N)n4)C3)nc(Cl)nc21. The number of nitrogens with one attached hydrogen (secondary N) is 2. The monoisotopic (exact) mass is 405 g/mol. The number of thiazole rings is 1. The van der Waals surface area contributed by atoms with Gasteiger partial charge in [0.25, 0.3) is 5.91 Å². The van der Waals surface area contributed by atoms with Crippen LogP contribution in [-0.4, -0.2) is 37.5 Å². The van der Waals surface area contributed by atoms with E-state index in [0.29, 0.717) is 10.8 Å². The Morgan fingerprint density at radius 1 is 1.33 bits per heavy atom. The molecule has 0 bridgehead atoms. The van der Waals surface area contributed by atoms with Gasteiger partial charge in [0.1, 0.15) is 17.2 Å². The van der Waals surface area contributed by atoms with Crippen LogP contribution in [0.4, 0.5) is 10.9 Å². The van der Waals surface area contributed by atoms with Crippen molar-refractivity contribution in [3.8, 4) is 0 Å². The molecule has 1 aliphatic carbocycles. The zero-order valence-electron chi connectivity index (χ0n) is 14.8. The Kier molecular flexibility index (Phi) is 4.88. The first-order valence-electron chi connectivity index (χ1n) is 8.76. The molecule has 3 aromatic rings. The van der Waals surface area contributed by atoms with E-state index in [0.717, 1.165) is 42.5 Å². The molecule has 1 fully saturated rings. The minimum atomic E-state index is -0.177. The van der Waals surface area contributed by atoms with Crippen LogP contribution in [0.1, 0.15) is 36.2 Å². The fourth-order valence-corrected chi connectivity index (χ4v) is 4.22. The van der Waals surface area contributed by atoms with Crippen LogP contribution in [0.2, 0.25) is 5.28 Å². The Hall–Kier alpha value is -2.39. The molecule has 2 atom stereocenters. The normalized spacial score (nSPS) is 19.9. The molecular weight excluding hydrogens is 386 g/mol. The lowest BCUT2D eigenvalue weighted by molar-refractivity contribution is 0.0922. The van der Waals surface area contributed by atoms with Gasteiger partial charge in [-0.25, -0.2) is 9.97 Å². The fraction of sp³-hybridized carbons (Fsp3) is 0.412. The molecule has 1 saturated carbocycles. The number of hydrogen-bond donors (Lipinski definition) is 3. The van der Waals surface area contributed by atoms with Crippen LogP contribution in [0.25, 0.3) is 11.0 Å². The summed E-state index contributed by atoms with van der Waals surface area (Å²) in [6.07, 6.45) is 5.70. The van der Waals surface area contributed by atoms with Gasteiger partial charge in [0.15, 0.2) is 5.13 Å². The van der Waals surface area contributed by atoms with E-state index in [9.17, 15) is 4.79 Å². The number of rotatable bonds is 4. The fourth-order valence-electron chi connectivity index (χ4n) is 3.52. The van der Waals surface area contributed by atoms with Crippen LogP contribution in [0, 0.1) is 0 Å². The Balaban J connectivity index is 1.45. The van der Waals surface area contributed by atoms with Crippen LogP contribution in [-0.2, 0) is 7.05 Å². The number of hydrogen-bond acceptors (Lipinski definition) is 7. The zero-order valence-corrected chi connectivity index (χ0v) is 16.3. The summed E-state index contributed by atoms with van der Waals surface area (Å²) in [6.45, 7) is 0. The van der Waals surface area contributed by atoms with E-state index in [1.807, 2.05) is 23.9 Å². The molecule has 0 radical (unpaired) electrons. The highest BCUT2D eigenvalue weighted by Crippen LogP contribution is 2.27. The van der Waals surface area contributed by atoms with Gasteiger partial charge in [-0.15, -0.1) is 11.3 Å². The summed E-state index contributed by atoms with van der Waals surface area (Å²) in [6, 6.07) is 2.25. The predicted octanol–water partition coefficient (Wildman–Crippen LogP) is 2.81. The number of carbonyl (C=O) groups excluding carboxylic acids is 1. The van der Waals surface area contributed by atoms with Crippen LogP contribution >= 0.6 is 22.9 Å². The van der Waals surface area contributed by atoms with Gasteiger partial charge in [0.2, 0.25) is 5.28 Å². The molecule has 1 aliphatic rings. The predicted molar refractivity (Wildman–Crippen MR) is 107 cm³/mol. The van der Waals surface area contributed by atoms with Crippen LogP contribution in [0.5, 0.6) is 0 Å². The van der Waals surface area contributed by atoms with Crippen molar-refractivity contribution in [2.75, 3.05) is 11.1 Å². The number of halogens is 1. The average Bonchev–Trinajstić information content (AvgIpc) is 3.22. The summed E-state index contributed by atoms with van der Waals surface area (Å²) in [7, 11) is 1.92. The van der Waals surface area contributed by atoms with Crippen molar-refractivity contribution < 1.29 is 4.79 Å². The Morgan fingerprint density at radius 3 is 2.93 bits per heavy atom. The molecule has 0 unspecified atom stereocenters. The molecule has 8 nitrogen and oxygen atoms in total. The van der Waals surface area contributed by atoms with Gasteiger partial charge in [-0.1, -0.05) is 0 Å². The molecule has 1 amide bonds. The summed E-state index contributed by atoms with van der Waals surface area (Å²) in [4.78, 5) is 25.0. The highest BCUT2D eigenvalue weighted by Gasteiger charge is 2.25. The first-order chi connectivity index (χ1) is 13.0. The molecule has 27 heavy (non-hydrogen) atoms. The number of aryl methyl sites for hydroxylation is 1. The molecule has 0 spiro atoms. The van der Waals surface area contributed by atoms with E-state index in [-0.39, 0.29) is 23.3 Å². The lowest BCUT2D eigenvalue weighted by Gasteiger charge is -2.30. The molecule has 3 heterocycles. The van der Waals surface area contributed by atoms with Gasteiger partial charge >= 0.3 is 0 Å². The van der Waals surface area contributed by atoms with Crippen molar-refractivity contribution in [3.05, 3.63) is 28.6 Å². The number of aromatic nitrogens is 4. The molecular formula is C17H20ClN7OS. The summed E-state index contributed by atoms with van der Waals surface area (Å²) < 4.78 is 1.91. The van der Waals surface area contributed by atoms with Gasteiger partial charge in [-0.2, -0.15) is 4.98 Å². The van der Waals surface area contributed by atoms with Gasteiger partial charge in [0, 0.05) is 30.7 Å². The second kappa shape index (κ2) is 7.32. The highest BCUT2D eigenvalue weighted by molar-refractivity contribution is 7.13. The molecule has 0 aromatic carbocycles. The smallest absolute Gasteiger partial charge is 0.271 e. The van der Waals surface area contributed by atoms with E-state index in [1.54, 1.807) is 5.38 Å². The summed E-state index contributed by atoms with van der Waals surface area (Å²) >= 11 is 7.36. The number of nitrogen functional groups attached to an aromatic ring is 1. The second-order valence-electron chi connectivity index (χ2n) is 6.75. The van der Waals surface area contributed by atoms with E-state index in [1.165, 1.54) is 11.3 Å². The number of nitrogens with zero attached hydrogens (tertiary/aromatic N) is 4. The van der Waals surface area contributed by atoms with Crippen molar-refractivity contribution >= 4 is 50.8 Å². The Bertz CT molecular complexity index is 985. The standard InChI is InChI=1S/C17H20ClN7OS/c1-25-6-5-11-13(23-16(18)24-14(11)25)20-9-3-2-4-10(7-9)21-15(26)12-8-27-17(19)22-12/h5-6,8-10H,2-4,7H2,1H3,(H2,19,22)(H,21,26)(H,20,23,24)/t9-,10+/m1/s1. The third kappa shape index (κ3) is 3.84. The third-order valence-corrected chi connectivity index (χ3v) is 5.64. The number of carbonyl (C=O) groups is 1. The summed E-state index contributed by atoms with van der Waals surface area (Å²) in [5.41, 5.74) is 6.78. The van der Waals surface area contributed by atoms with Crippen molar-refractivity contribution in [2.45, 2.75) is 37.8 Å².